The molecule has 1 atom stereocenters. The van der Waals surface area contributed by atoms with E-state index in [1.165, 1.54) is 0 Å². The number of rotatable bonds is 5. The van der Waals surface area contributed by atoms with E-state index in [0.717, 1.165) is 5.76 Å². The van der Waals surface area contributed by atoms with Crippen LogP contribution in [0.1, 0.15) is 18.2 Å². The lowest BCUT2D eigenvalue weighted by Gasteiger charge is -2.21. The second kappa shape index (κ2) is 6.62. The van der Waals surface area contributed by atoms with Crippen LogP contribution in [0.2, 0.25) is 0 Å². The summed E-state index contributed by atoms with van der Waals surface area (Å²) in [5, 5.41) is 8.73. The van der Waals surface area contributed by atoms with Gasteiger partial charge < -0.3 is 14.1 Å². The Bertz CT molecular complexity index is 627. The van der Waals surface area contributed by atoms with Crippen LogP contribution in [-0.2, 0) is 11.3 Å². The van der Waals surface area contributed by atoms with E-state index in [4.69, 9.17) is 14.4 Å². The number of likely N-dealkylation sites (N-methyl/N-ethyl adjacent to an activating group) is 1. The van der Waals surface area contributed by atoms with Crippen molar-refractivity contribution in [3.63, 3.8) is 0 Å². The molecule has 0 aliphatic carbocycles. The van der Waals surface area contributed by atoms with Gasteiger partial charge in [-0.15, -0.1) is 0 Å². The van der Waals surface area contributed by atoms with Gasteiger partial charge in [0.15, 0.2) is 6.10 Å². The summed E-state index contributed by atoms with van der Waals surface area (Å²) < 4.78 is 10.8. The Morgan fingerprint density at radius 3 is 2.67 bits per heavy atom. The molecule has 0 radical (unpaired) electrons. The maximum absolute atomic E-state index is 12.2. The molecule has 5 heteroatoms. The molecule has 21 heavy (non-hydrogen) atoms. The van der Waals surface area contributed by atoms with E-state index in [9.17, 15) is 4.79 Å². The van der Waals surface area contributed by atoms with Crippen molar-refractivity contribution in [2.75, 3.05) is 7.05 Å². The molecule has 5 nitrogen and oxygen atoms in total. The summed E-state index contributed by atoms with van der Waals surface area (Å²) in [6, 6.07) is 12.3. The average Bonchev–Trinajstić information content (AvgIpc) is 3.00. The SMILES string of the molecule is CC(Oc1ccc(C#N)cc1)C(=O)N(C)Cc1ccco1. The van der Waals surface area contributed by atoms with E-state index < -0.39 is 6.10 Å². The minimum absolute atomic E-state index is 0.143. The van der Waals surface area contributed by atoms with Gasteiger partial charge in [0.1, 0.15) is 11.5 Å². The summed E-state index contributed by atoms with van der Waals surface area (Å²) >= 11 is 0. The molecule has 1 amide bonds. The van der Waals surface area contributed by atoms with E-state index >= 15 is 0 Å². The van der Waals surface area contributed by atoms with E-state index in [2.05, 4.69) is 0 Å². The highest BCUT2D eigenvalue weighted by molar-refractivity contribution is 5.80. The third-order valence-electron chi connectivity index (χ3n) is 2.99. The molecule has 0 N–H and O–H groups in total. The first kappa shape index (κ1) is 14.7. The fourth-order valence-corrected chi connectivity index (χ4v) is 1.89. The molecule has 0 spiro atoms. The minimum Gasteiger partial charge on any atom is -0.481 e. The number of nitrogens with zero attached hydrogens (tertiary/aromatic N) is 2. The van der Waals surface area contributed by atoms with Crippen LogP contribution in [0.25, 0.3) is 0 Å². The van der Waals surface area contributed by atoms with Crippen LogP contribution >= 0.6 is 0 Å². The van der Waals surface area contributed by atoms with E-state index in [0.29, 0.717) is 17.9 Å². The fraction of sp³-hybridized carbons (Fsp3) is 0.250. The molecule has 0 saturated carbocycles. The number of hydrogen-bond acceptors (Lipinski definition) is 4. The van der Waals surface area contributed by atoms with Crippen LogP contribution in [0, 0.1) is 11.3 Å². The molecule has 0 fully saturated rings. The van der Waals surface area contributed by atoms with Gasteiger partial charge in [-0.1, -0.05) is 0 Å². The number of furan rings is 1. The second-order valence-electron chi connectivity index (χ2n) is 4.67. The van der Waals surface area contributed by atoms with Gasteiger partial charge in [0.25, 0.3) is 5.91 Å². The number of benzene rings is 1. The molecule has 0 aliphatic heterocycles. The molecular weight excluding hydrogens is 268 g/mol. The predicted octanol–water partition coefficient (Wildman–Crippen LogP) is 2.58. The summed E-state index contributed by atoms with van der Waals surface area (Å²) in [5.41, 5.74) is 0.552. The lowest BCUT2D eigenvalue weighted by Crippen LogP contribution is -2.37. The van der Waals surface area contributed by atoms with Crippen molar-refractivity contribution in [2.45, 2.75) is 19.6 Å². The van der Waals surface area contributed by atoms with Gasteiger partial charge in [0.05, 0.1) is 24.4 Å². The summed E-state index contributed by atoms with van der Waals surface area (Å²) in [5.74, 6) is 1.13. The average molecular weight is 284 g/mol. The van der Waals surface area contributed by atoms with Crippen LogP contribution in [0.15, 0.2) is 47.1 Å². The van der Waals surface area contributed by atoms with E-state index in [-0.39, 0.29) is 5.91 Å². The standard InChI is InChI=1S/C16H16N2O3/c1-12(21-14-7-5-13(10-17)6-8-14)16(19)18(2)11-15-4-3-9-20-15/h3-9,12H,11H2,1-2H3. The van der Waals surface area contributed by atoms with Gasteiger partial charge in [0, 0.05) is 7.05 Å². The highest BCUT2D eigenvalue weighted by Gasteiger charge is 2.20. The first-order chi connectivity index (χ1) is 10.1. The quantitative estimate of drug-likeness (QED) is 0.846. The van der Waals surface area contributed by atoms with Crippen LogP contribution in [-0.4, -0.2) is 24.0 Å². The number of hydrogen-bond donors (Lipinski definition) is 0. The van der Waals surface area contributed by atoms with Gasteiger partial charge in [-0.3, -0.25) is 4.79 Å². The van der Waals surface area contributed by atoms with Gasteiger partial charge in [-0.2, -0.15) is 5.26 Å². The lowest BCUT2D eigenvalue weighted by atomic mass is 10.2. The van der Waals surface area contributed by atoms with Crippen molar-refractivity contribution >= 4 is 5.91 Å². The molecule has 2 rings (SSSR count). The molecule has 1 aromatic carbocycles. The summed E-state index contributed by atoms with van der Waals surface area (Å²) in [7, 11) is 1.70. The monoisotopic (exact) mass is 284 g/mol. The first-order valence-electron chi connectivity index (χ1n) is 6.54. The van der Waals surface area contributed by atoms with Crippen LogP contribution in [0.5, 0.6) is 5.75 Å². The van der Waals surface area contributed by atoms with E-state index in [1.807, 2.05) is 12.1 Å². The Morgan fingerprint density at radius 1 is 1.38 bits per heavy atom. The van der Waals surface area contributed by atoms with Crippen molar-refractivity contribution in [1.82, 2.24) is 4.90 Å². The van der Waals surface area contributed by atoms with E-state index in [1.54, 1.807) is 55.5 Å². The fourth-order valence-electron chi connectivity index (χ4n) is 1.89. The predicted molar refractivity (Wildman–Crippen MR) is 76.4 cm³/mol. The zero-order chi connectivity index (χ0) is 15.2. The number of ether oxygens (including phenoxy) is 1. The number of nitriles is 1. The van der Waals surface area contributed by atoms with Gasteiger partial charge in [-0.05, 0) is 43.3 Å². The Labute approximate surface area is 123 Å². The molecule has 0 bridgehead atoms. The molecule has 1 heterocycles. The zero-order valence-electron chi connectivity index (χ0n) is 11.9. The smallest absolute Gasteiger partial charge is 0.263 e. The Morgan fingerprint density at radius 2 is 2.10 bits per heavy atom. The molecule has 1 unspecified atom stereocenters. The maximum atomic E-state index is 12.2. The van der Waals surface area contributed by atoms with Crippen molar-refractivity contribution in [3.8, 4) is 11.8 Å². The van der Waals surface area contributed by atoms with Crippen LogP contribution in [0.3, 0.4) is 0 Å². The molecule has 1 aromatic heterocycles. The number of carbonyl (C=O) groups excluding carboxylic acids is 1. The lowest BCUT2D eigenvalue weighted by molar-refractivity contribution is -0.137. The normalized spacial score (nSPS) is 11.5. The summed E-state index contributed by atoms with van der Waals surface area (Å²) in [6.45, 7) is 2.09. The van der Waals surface area contributed by atoms with Crippen LogP contribution < -0.4 is 4.74 Å². The summed E-state index contributed by atoms with van der Waals surface area (Å²) in [6.07, 6.45) is 0.961. The molecular formula is C16H16N2O3. The maximum Gasteiger partial charge on any atom is 0.263 e. The highest BCUT2D eigenvalue weighted by Crippen LogP contribution is 2.14. The van der Waals surface area contributed by atoms with Gasteiger partial charge >= 0.3 is 0 Å². The zero-order valence-corrected chi connectivity index (χ0v) is 11.9. The minimum atomic E-state index is -0.613. The topological polar surface area (TPSA) is 66.5 Å². The molecule has 0 aliphatic rings. The molecule has 0 saturated heterocycles. The Hall–Kier alpha value is -2.74. The van der Waals surface area contributed by atoms with Gasteiger partial charge in [-0.25, -0.2) is 0 Å². The number of amides is 1. The Balaban J connectivity index is 1.93. The van der Waals surface area contributed by atoms with Crippen molar-refractivity contribution in [1.29, 1.82) is 5.26 Å². The third-order valence-corrected chi connectivity index (χ3v) is 2.99. The highest BCUT2D eigenvalue weighted by atomic mass is 16.5. The van der Waals surface area contributed by atoms with Crippen molar-refractivity contribution in [3.05, 3.63) is 54.0 Å². The second-order valence-corrected chi connectivity index (χ2v) is 4.67. The molecule has 2 aromatic rings. The van der Waals surface area contributed by atoms with Crippen molar-refractivity contribution in [2.24, 2.45) is 0 Å². The van der Waals surface area contributed by atoms with Crippen LogP contribution in [0.4, 0.5) is 0 Å². The number of carbonyl (C=O) groups is 1. The first-order valence-corrected chi connectivity index (χ1v) is 6.54. The Kier molecular flexibility index (Phi) is 4.62. The summed E-state index contributed by atoms with van der Waals surface area (Å²) in [4.78, 5) is 13.8. The van der Waals surface area contributed by atoms with Gasteiger partial charge in [0.2, 0.25) is 0 Å². The largest absolute Gasteiger partial charge is 0.481 e. The molecule has 108 valence electrons. The third kappa shape index (κ3) is 3.86. The van der Waals surface area contributed by atoms with Crippen molar-refractivity contribution < 1.29 is 13.9 Å².